The molecule has 5 nitrogen and oxygen atoms in total. The molecule has 0 unspecified atom stereocenters. The Labute approximate surface area is 159 Å². The van der Waals surface area contributed by atoms with Gasteiger partial charge in [-0.3, -0.25) is 19.4 Å². The van der Waals surface area contributed by atoms with Gasteiger partial charge in [0, 0.05) is 19.6 Å². The van der Waals surface area contributed by atoms with Gasteiger partial charge in [0.15, 0.2) is 0 Å². The second-order valence-electron chi connectivity index (χ2n) is 8.72. The molecule has 7 rings (SSSR count). The van der Waals surface area contributed by atoms with E-state index in [0.717, 1.165) is 38.5 Å². The largest absolute Gasteiger partial charge is 0.379 e. The van der Waals surface area contributed by atoms with E-state index < -0.39 is 0 Å². The maximum absolute atomic E-state index is 13.2. The first-order valence-electron chi connectivity index (χ1n) is 10.2. The number of hydrogen-bond donors (Lipinski definition) is 0. The Kier molecular flexibility index (Phi) is 3.42. The van der Waals surface area contributed by atoms with Crippen molar-refractivity contribution in [1.29, 1.82) is 0 Å². The molecule has 2 bridgehead atoms. The number of hydrogen-bond acceptors (Lipinski definition) is 4. The number of benzene rings is 1. The van der Waals surface area contributed by atoms with Crippen molar-refractivity contribution in [2.45, 2.75) is 13.0 Å². The number of carbonyl (C=O) groups excluding carboxylic acids is 2. The summed E-state index contributed by atoms with van der Waals surface area (Å²) in [6, 6.07) is 7.99. The molecule has 0 radical (unpaired) electrons. The van der Waals surface area contributed by atoms with Gasteiger partial charge in [-0.15, -0.1) is 0 Å². The molecule has 0 N–H and O–H groups in total. The molecule has 2 saturated heterocycles. The van der Waals surface area contributed by atoms with Crippen LogP contribution in [0.4, 0.5) is 5.69 Å². The summed E-state index contributed by atoms with van der Waals surface area (Å²) in [4.78, 5) is 30.2. The third-order valence-electron chi connectivity index (χ3n) is 7.37. The summed E-state index contributed by atoms with van der Waals surface area (Å²) in [5.41, 5.74) is 1.94. The predicted octanol–water partition coefficient (Wildman–Crippen LogP) is 2.08. The molecule has 5 heteroatoms. The number of nitrogens with zero attached hydrogens (tertiary/aromatic N) is 2. The van der Waals surface area contributed by atoms with Crippen LogP contribution in [0.5, 0.6) is 0 Å². The number of morpholine rings is 1. The minimum Gasteiger partial charge on any atom is -0.379 e. The third-order valence-corrected chi connectivity index (χ3v) is 7.37. The maximum atomic E-state index is 13.2. The quantitative estimate of drug-likeness (QED) is 0.609. The summed E-state index contributed by atoms with van der Waals surface area (Å²) in [7, 11) is 0. The minimum atomic E-state index is -0.121. The third kappa shape index (κ3) is 2.31. The van der Waals surface area contributed by atoms with Crippen molar-refractivity contribution in [2.24, 2.45) is 35.5 Å². The zero-order valence-electron chi connectivity index (χ0n) is 15.3. The van der Waals surface area contributed by atoms with Crippen LogP contribution in [-0.2, 0) is 20.9 Å². The summed E-state index contributed by atoms with van der Waals surface area (Å²) < 4.78 is 5.40. The van der Waals surface area contributed by atoms with Gasteiger partial charge in [-0.05, 0) is 47.8 Å². The molecule has 2 heterocycles. The average Bonchev–Trinajstić information content (AvgIpc) is 3.48. The smallest absolute Gasteiger partial charge is 0.238 e. The Morgan fingerprint density at radius 2 is 1.48 bits per heavy atom. The molecule has 1 aromatic rings. The first kappa shape index (κ1) is 16.0. The van der Waals surface area contributed by atoms with Gasteiger partial charge in [-0.25, -0.2) is 0 Å². The van der Waals surface area contributed by atoms with Gasteiger partial charge in [0.25, 0.3) is 0 Å². The Morgan fingerprint density at radius 3 is 2.07 bits per heavy atom. The highest BCUT2D eigenvalue weighted by Crippen LogP contribution is 2.65. The number of rotatable bonds is 3. The molecule has 4 fully saturated rings. The normalized spacial score (nSPS) is 39.6. The standard InChI is InChI=1S/C22H24N2O3/c25-21-19-15-5-6-16(18-11-17(15)18)20(19)22(26)24(21)14-3-1-13(2-4-14)12-23-7-9-27-10-8-23/h1-6,15-20H,7-12H2/t15-,16-,17-,18-,19+,20+/m1/s1. The fourth-order valence-electron chi connectivity index (χ4n) is 5.98. The van der Waals surface area contributed by atoms with Gasteiger partial charge in [-0.1, -0.05) is 24.3 Å². The van der Waals surface area contributed by atoms with Crippen molar-refractivity contribution < 1.29 is 14.3 Å². The monoisotopic (exact) mass is 364 g/mol. The summed E-state index contributed by atoms with van der Waals surface area (Å²) in [5, 5.41) is 0. The van der Waals surface area contributed by atoms with Gasteiger partial charge in [0.05, 0.1) is 30.7 Å². The van der Waals surface area contributed by atoms with E-state index >= 15 is 0 Å². The SMILES string of the molecule is O=C1[C@H]2[C@@H]3C=C[C@H]([C@H]4C[C@H]34)[C@@H]2C(=O)N1c1ccc(CN2CCOCC2)cc1. The van der Waals surface area contributed by atoms with E-state index in [2.05, 4.69) is 29.2 Å². The van der Waals surface area contributed by atoms with Gasteiger partial charge in [-0.2, -0.15) is 0 Å². The second kappa shape index (κ2) is 5.76. The molecule has 140 valence electrons. The molecule has 0 aromatic heterocycles. The van der Waals surface area contributed by atoms with Gasteiger partial charge in [0.1, 0.15) is 0 Å². The van der Waals surface area contributed by atoms with Crippen molar-refractivity contribution in [3.8, 4) is 0 Å². The van der Waals surface area contributed by atoms with Crippen LogP contribution in [-0.4, -0.2) is 43.0 Å². The lowest BCUT2D eigenvalue weighted by Gasteiger charge is -2.37. The Morgan fingerprint density at radius 1 is 0.889 bits per heavy atom. The number of imide groups is 1. The van der Waals surface area contributed by atoms with Crippen molar-refractivity contribution in [2.75, 3.05) is 31.2 Å². The number of amides is 2. The zero-order chi connectivity index (χ0) is 18.1. The van der Waals surface area contributed by atoms with Crippen LogP contribution in [0.3, 0.4) is 0 Å². The number of allylic oxidation sites excluding steroid dienone is 2. The molecular formula is C22H24N2O3. The lowest BCUT2D eigenvalue weighted by Crippen LogP contribution is -2.40. The highest BCUT2D eigenvalue weighted by molar-refractivity contribution is 6.22. The predicted molar refractivity (Wildman–Crippen MR) is 99.7 cm³/mol. The van der Waals surface area contributed by atoms with Crippen LogP contribution in [0.1, 0.15) is 12.0 Å². The maximum Gasteiger partial charge on any atom is 0.238 e. The molecular weight excluding hydrogens is 340 g/mol. The minimum absolute atomic E-state index is 0.0237. The summed E-state index contributed by atoms with van der Waals surface area (Å²) in [6.07, 6.45) is 5.65. The van der Waals surface area contributed by atoms with Crippen LogP contribution >= 0.6 is 0 Å². The number of carbonyl (C=O) groups is 2. The van der Waals surface area contributed by atoms with Crippen LogP contribution in [0.15, 0.2) is 36.4 Å². The van der Waals surface area contributed by atoms with Crippen LogP contribution < -0.4 is 4.90 Å². The van der Waals surface area contributed by atoms with Crippen molar-refractivity contribution in [3.05, 3.63) is 42.0 Å². The highest BCUT2D eigenvalue weighted by Gasteiger charge is 2.67. The molecule has 1 aromatic carbocycles. The first-order chi connectivity index (χ1) is 13.2. The van der Waals surface area contributed by atoms with E-state index in [9.17, 15) is 9.59 Å². The zero-order valence-corrected chi connectivity index (χ0v) is 15.3. The Hall–Kier alpha value is -1.98. The summed E-state index contributed by atoms with van der Waals surface area (Å²) in [6.45, 7) is 4.36. The first-order valence-corrected chi connectivity index (χ1v) is 10.2. The van der Waals surface area contributed by atoms with Gasteiger partial charge in [0.2, 0.25) is 11.8 Å². The molecule has 27 heavy (non-hydrogen) atoms. The fraction of sp³-hybridized carbons (Fsp3) is 0.545. The van der Waals surface area contributed by atoms with E-state index in [-0.39, 0.29) is 35.5 Å². The molecule has 6 aliphatic rings. The number of anilines is 1. The van der Waals surface area contributed by atoms with Crippen molar-refractivity contribution >= 4 is 17.5 Å². The molecule has 2 aliphatic heterocycles. The Bertz CT molecular complexity index is 790. The van der Waals surface area contributed by atoms with Crippen molar-refractivity contribution in [3.63, 3.8) is 0 Å². The topological polar surface area (TPSA) is 49.9 Å². The van der Waals surface area contributed by atoms with E-state index in [4.69, 9.17) is 4.74 Å². The Balaban J connectivity index is 1.23. The molecule has 6 atom stereocenters. The number of ether oxygens (including phenoxy) is 1. The van der Waals surface area contributed by atoms with Crippen LogP contribution in [0.25, 0.3) is 0 Å². The molecule has 2 saturated carbocycles. The van der Waals surface area contributed by atoms with Crippen LogP contribution in [0.2, 0.25) is 0 Å². The summed E-state index contributed by atoms with van der Waals surface area (Å²) >= 11 is 0. The van der Waals surface area contributed by atoms with Crippen LogP contribution in [0, 0.1) is 35.5 Å². The van der Waals surface area contributed by atoms with E-state index in [0.29, 0.717) is 11.8 Å². The molecule has 0 spiro atoms. The second-order valence-corrected chi connectivity index (χ2v) is 8.72. The lowest BCUT2D eigenvalue weighted by atomic mass is 9.63. The van der Waals surface area contributed by atoms with Gasteiger partial charge < -0.3 is 4.74 Å². The van der Waals surface area contributed by atoms with E-state index in [1.165, 1.54) is 16.9 Å². The van der Waals surface area contributed by atoms with Crippen molar-refractivity contribution in [1.82, 2.24) is 4.90 Å². The van der Waals surface area contributed by atoms with E-state index in [1.54, 1.807) is 0 Å². The molecule has 2 amide bonds. The van der Waals surface area contributed by atoms with E-state index in [1.807, 2.05) is 12.1 Å². The summed E-state index contributed by atoms with van der Waals surface area (Å²) in [5.74, 6) is 1.67. The average molecular weight is 364 g/mol. The lowest BCUT2D eigenvalue weighted by molar-refractivity contribution is -0.124. The fourth-order valence-corrected chi connectivity index (χ4v) is 5.98. The highest BCUT2D eigenvalue weighted by atomic mass is 16.5. The molecule has 4 aliphatic carbocycles. The van der Waals surface area contributed by atoms with Gasteiger partial charge >= 0.3 is 0 Å².